The molecule has 0 heterocycles. The topological polar surface area (TPSA) is 80.7 Å². The highest BCUT2D eigenvalue weighted by Gasteiger charge is 2.55. The molecular formula is C8H11F3O5S. The van der Waals surface area contributed by atoms with Crippen LogP contribution in [0.1, 0.15) is 13.8 Å². The molecular weight excluding hydrogens is 265 g/mol. The minimum Gasteiger partial charge on any atom is -0.456 e. The molecule has 0 radical (unpaired) electrons. The second-order valence-corrected chi connectivity index (χ2v) is 4.82. The average molecular weight is 276 g/mol. The molecule has 0 fully saturated rings. The fraction of sp³-hybridized carbons (Fsp3) is 0.625. The van der Waals surface area contributed by atoms with Gasteiger partial charge in [0.15, 0.2) is 0 Å². The Labute approximate surface area is 96.0 Å². The lowest BCUT2D eigenvalue weighted by Gasteiger charge is -2.22. The molecule has 0 aliphatic rings. The summed E-state index contributed by atoms with van der Waals surface area (Å²) in [6, 6.07) is 0. The van der Waals surface area contributed by atoms with E-state index in [1.54, 1.807) is 0 Å². The van der Waals surface area contributed by atoms with Crippen molar-refractivity contribution in [1.82, 2.24) is 0 Å². The maximum atomic E-state index is 13.1. The molecule has 1 N–H and O–H groups in total. The lowest BCUT2D eigenvalue weighted by molar-refractivity contribution is -0.152. The monoisotopic (exact) mass is 276 g/mol. The Hall–Kier alpha value is -1.09. The highest BCUT2D eigenvalue weighted by molar-refractivity contribution is 7.86. The van der Waals surface area contributed by atoms with Crippen LogP contribution in [0.15, 0.2) is 12.2 Å². The molecule has 9 heteroatoms. The van der Waals surface area contributed by atoms with Gasteiger partial charge in [0.1, 0.15) is 6.10 Å². The number of alkyl halides is 3. The predicted octanol–water partition coefficient (Wildman–Crippen LogP) is 1.31. The van der Waals surface area contributed by atoms with Crippen molar-refractivity contribution in [2.75, 3.05) is 0 Å². The van der Waals surface area contributed by atoms with Crippen LogP contribution in [-0.4, -0.2) is 36.5 Å². The van der Waals surface area contributed by atoms with Crippen molar-refractivity contribution in [3.63, 3.8) is 0 Å². The smallest absolute Gasteiger partial charge is 0.403 e. The van der Waals surface area contributed by atoms with Crippen LogP contribution in [0, 0.1) is 0 Å². The fourth-order valence-corrected chi connectivity index (χ4v) is 1.22. The van der Waals surface area contributed by atoms with E-state index in [2.05, 4.69) is 11.3 Å². The Balaban J connectivity index is 4.89. The number of ether oxygens (including phenoxy) is 1. The Bertz CT molecular complexity index is 417. The summed E-state index contributed by atoms with van der Waals surface area (Å²) in [7, 11) is -5.92. The molecule has 17 heavy (non-hydrogen) atoms. The zero-order valence-corrected chi connectivity index (χ0v) is 9.80. The van der Waals surface area contributed by atoms with Crippen LogP contribution in [0.5, 0.6) is 0 Å². The van der Waals surface area contributed by atoms with Crippen LogP contribution in [0.25, 0.3) is 0 Å². The van der Waals surface area contributed by atoms with Gasteiger partial charge >= 0.3 is 21.3 Å². The standard InChI is InChI=1S/C8H11F3O5S/c1-4(2)7(12)16-5(3)6(9)8(10,11)17(13,14)15/h5-6H,1H2,2-3H3,(H,13,14,15). The van der Waals surface area contributed by atoms with E-state index in [4.69, 9.17) is 4.55 Å². The van der Waals surface area contributed by atoms with Gasteiger partial charge in [-0.15, -0.1) is 0 Å². The van der Waals surface area contributed by atoms with E-state index in [0.717, 1.165) is 6.92 Å². The van der Waals surface area contributed by atoms with E-state index in [1.807, 2.05) is 0 Å². The third-order valence-electron chi connectivity index (χ3n) is 1.72. The minimum atomic E-state index is -5.92. The largest absolute Gasteiger partial charge is 0.456 e. The van der Waals surface area contributed by atoms with Crippen LogP contribution < -0.4 is 0 Å². The summed E-state index contributed by atoms with van der Waals surface area (Å²) in [6.07, 6.45) is -5.45. The van der Waals surface area contributed by atoms with E-state index >= 15 is 0 Å². The first-order valence-electron chi connectivity index (χ1n) is 4.26. The van der Waals surface area contributed by atoms with E-state index in [9.17, 15) is 26.4 Å². The normalized spacial score (nSPS) is 16.1. The lowest BCUT2D eigenvalue weighted by atomic mass is 10.2. The first-order chi connectivity index (χ1) is 7.41. The summed E-state index contributed by atoms with van der Waals surface area (Å²) < 4.78 is 71.5. The highest BCUT2D eigenvalue weighted by Crippen LogP contribution is 2.30. The van der Waals surface area contributed by atoms with Crippen molar-refractivity contribution in [1.29, 1.82) is 0 Å². The molecule has 0 aromatic heterocycles. The highest BCUT2D eigenvalue weighted by atomic mass is 32.2. The Morgan fingerprint density at radius 1 is 1.47 bits per heavy atom. The van der Waals surface area contributed by atoms with Crippen LogP contribution in [-0.2, 0) is 19.6 Å². The van der Waals surface area contributed by atoms with Crippen molar-refractivity contribution >= 4 is 16.1 Å². The molecule has 0 bridgehead atoms. The van der Waals surface area contributed by atoms with Crippen LogP contribution in [0.3, 0.4) is 0 Å². The SMILES string of the molecule is C=C(C)C(=O)OC(C)C(F)C(F)(F)S(=O)(=O)O. The van der Waals surface area contributed by atoms with Gasteiger partial charge in [0, 0.05) is 5.57 Å². The number of halogens is 3. The molecule has 2 atom stereocenters. The molecule has 0 aliphatic carbocycles. The third kappa shape index (κ3) is 3.70. The van der Waals surface area contributed by atoms with Crippen LogP contribution in [0.4, 0.5) is 13.2 Å². The zero-order chi connectivity index (χ0) is 14.0. The van der Waals surface area contributed by atoms with E-state index in [-0.39, 0.29) is 5.57 Å². The zero-order valence-electron chi connectivity index (χ0n) is 8.98. The number of hydrogen-bond acceptors (Lipinski definition) is 4. The van der Waals surface area contributed by atoms with Gasteiger partial charge in [-0.05, 0) is 13.8 Å². The molecule has 0 aliphatic heterocycles. The Kier molecular flexibility index (Phi) is 4.72. The number of carbonyl (C=O) groups is 1. The summed E-state index contributed by atoms with van der Waals surface area (Å²) in [4.78, 5) is 10.9. The van der Waals surface area contributed by atoms with Gasteiger partial charge < -0.3 is 4.74 Å². The van der Waals surface area contributed by atoms with Gasteiger partial charge in [0.05, 0.1) is 0 Å². The molecule has 0 saturated heterocycles. The van der Waals surface area contributed by atoms with Gasteiger partial charge in [-0.25, -0.2) is 9.18 Å². The Morgan fingerprint density at radius 2 is 1.88 bits per heavy atom. The Morgan fingerprint density at radius 3 is 2.18 bits per heavy atom. The molecule has 5 nitrogen and oxygen atoms in total. The van der Waals surface area contributed by atoms with E-state index < -0.39 is 33.6 Å². The average Bonchev–Trinajstić information content (AvgIpc) is 2.14. The number of carbonyl (C=O) groups excluding carboxylic acids is 1. The summed E-state index contributed by atoms with van der Waals surface area (Å²) in [5.41, 5.74) is -0.167. The second kappa shape index (κ2) is 5.05. The van der Waals surface area contributed by atoms with E-state index in [1.165, 1.54) is 6.92 Å². The molecule has 100 valence electrons. The summed E-state index contributed by atoms with van der Waals surface area (Å²) in [5.74, 6) is -1.15. The van der Waals surface area contributed by atoms with Crippen molar-refractivity contribution in [3.8, 4) is 0 Å². The number of rotatable bonds is 5. The first-order valence-corrected chi connectivity index (χ1v) is 5.70. The maximum Gasteiger partial charge on any atom is 0.403 e. The molecule has 0 aromatic carbocycles. The van der Waals surface area contributed by atoms with Gasteiger partial charge in [0.2, 0.25) is 6.17 Å². The minimum absolute atomic E-state index is 0.167. The molecule has 0 spiro atoms. The van der Waals surface area contributed by atoms with Crippen molar-refractivity contribution in [3.05, 3.63) is 12.2 Å². The number of hydrogen-bond donors (Lipinski definition) is 1. The first kappa shape index (κ1) is 15.9. The van der Waals surface area contributed by atoms with Crippen LogP contribution in [0.2, 0.25) is 0 Å². The summed E-state index contributed by atoms with van der Waals surface area (Å²) >= 11 is 0. The second-order valence-electron chi connectivity index (χ2n) is 3.33. The van der Waals surface area contributed by atoms with Gasteiger partial charge in [0.25, 0.3) is 0 Å². The van der Waals surface area contributed by atoms with E-state index in [0.29, 0.717) is 0 Å². The van der Waals surface area contributed by atoms with Gasteiger partial charge in [-0.2, -0.15) is 17.2 Å². The molecule has 0 rings (SSSR count). The molecule has 0 amide bonds. The van der Waals surface area contributed by atoms with Gasteiger partial charge in [-0.1, -0.05) is 6.58 Å². The summed E-state index contributed by atoms with van der Waals surface area (Å²) in [6.45, 7) is 5.05. The van der Waals surface area contributed by atoms with Crippen molar-refractivity contribution in [2.45, 2.75) is 31.4 Å². The molecule has 0 aromatic rings. The summed E-state index contributed by atoms with van der Waals surface area (Å²) in [5, 5.41) is -5.05. The van der Waals surface area contributed by atoms with Crippen molar-refractivity contribution < 1.29 is 35.7 Å². The molecule has 2 unspecified atom stereocenters. The lowest BCUT2D eigenvalue weighted by Crippen LogP contribution is -2.45. The van der Waals surface area contributed by atoms with Gasteiger partial charge in [-0.3, -0.25) is 4.55 Å². The fourth-order valence-electron chi connectivity index (χ4n) is 0.745. The quantitative estimate of drug-likeness (QED) is 0.465. The maximum absolute atomic E-state index is 13.1. The number of esters is 1. The van der Waals surface area contributed by atoms with Crippen molar-refractivity contribution in [2.24, 2.45) is 0 Å². The third-order valence-corrected chi connectivity index (χ3v) is 2.63. The van der Waals surface area contributed by atoms with Crippen LogP contribution >= 0.6 is 0 Å². The predicted molar refractivity (Wildman–Crippen MR) is 51.8 cm³/mol. The molecule has 0 saturated carbocycles.